The van der Waals surface area contributed by atoms with Crippen LogP contribution in [0.4, 0.5) is 16.2 Å². The minimum atomic E-state index is -0.441. The smallest absolute Gasteiger partial charge is 0.337 e. The quantitative estimate of drug-likeness (QED) is 0.634. The molecular weight excluding hydrogens is 410 g/mol. The summed E-state index contributed by atoms with van der Waals surface area (Å²) in [6.45, 7) is 2.23. The van der Waals surface area contributed by atoms with Gasteiger partial charge in [-0.3, -0.25) is 0 Å². The van der Waals surface area contributed by atoms with Crippen LogP contribution < -0.4 is 15.0 Å². The van der Waals surface area contributed by atoms with Crippen molar-refractivity contribution >= 4 is 23.4 Å². The van der Waals surface area contributed by atoms with Gasteiger partial charge >= 0.3 is 12.0 Å². The first-order valence-corrected chi connectivity index (χ1v) is 10.9. The number of aromatic hydroxyl groups is 1. The topological polar surface area (TPSA) is 91.3 Å². The standard InChI is InChI=1S/C24H29N3O5/c1-31-22-13-16(5-10-21(22)28)15-27(18-7-8-18)24(30)25-19-14-17(23(29)32-2)6-9-20(19)26-11-3-4-12-26/h5-6,9-10,13-14,18,28H,3-4,7-8,11-12,15H2,1-2H3,(H,25,30). The number of benzene rings is 2. The third-order valence-electron chi connectivity index (χ3n) is 5.95. The number of carbonyl (C=O) groups excluding carboxylic acids is 2. The maximum atomic E-state index is 13.3. The lowest BCUT2D eigenvalue weighted by Gasteiger charge is -2.26. The first-order chi connectivity index (χ1) is 15.5. The predicted octanol–water partition coefficient (Wildman–Crippen LogP) is 3.98. The first kappa shape index (κ1) is 21.8. The average molecular weight is 440 g/mol. The first-order valence-electron chi connectivity index (χ1n) is 10.9. The predicted molar refractivity (Wildman–Crippen MR) is 121 cm³/mol. The van der Waals surface area contributed by atoms with E-state index in [1.54, 1.807) is 35.2 Å². The van der Waals surface area contributed by atoms with Gasteiger partial charge in [-0.2, -0.15) is 0 Å². The molecule has 1 aliphatic heterocycles. The Kier molecular flexibility index (Phi) is 6.39. The monoisotopic (exact) mass is 439 g/mol. The average Bonchev–Trinajstić information content (AvgIpc) is 3.50. The van der Waals surface area contributed by atoms with Crippen LogP contribution in [0.3, 0.4) is 0 Å². The third kappa shape index (κ3) is 4.74. The van der Waals surface area contributed by atoms with Crippen molar-refractivity contribution in [1.29, 1.82) is 0 Å². The molecule has 1 saturated heterocycles. The second-order valence-corrected chi connectivity index (χ2v) is 8.21. The van der Waals surface area contributed by atoms with Gasteiger partial charge in [0.2, 0.25) is 0 Å². The summed E-state index contributed by atoms with van der Waals surface area (Å²) in [5.41, 5.74) is 2.77. The maximum Gasteiger partial charge on any atom is 0.337 e. The number of phenolic OH excluding ortho intramolecular Hbond substituents is 1. The Labute approximate surface area is 187 Å². The summed E-state index contributed by atoms with van der Waals surface area (Å²) in [5.74, 6) is -0.00184. The van der Waals surface area contributed by atoms with Crippen LogP contribution in [0.15, 0.2) is 36.4 Å². The van der Waals surface area contributed by atoms with E-state index in [1.165, 1.54) is 14.2 Å². The Morgan fingerprint density at radius 2 is 1.88 bits per heavy atom. The van der Waals surface area contributed by atoms with E-state index in [1.807, 2.05) is 6.07 Å². The number of urea groups is 1. The van der Waals surface area contributed by atoms with Crippen molar-refractivity contribution in [3.63, 3.8) is 0 Å². The van der Waals surface area contributed by atoms with Crippen LogP contribution in [-0.4, -0.2) is 55.4 Å². The number of hydrogen-bond donors (Lipinski definition) is 2. The Balaban J connectivity index is 1.58. The molecule has 0 aromatic heterocycles. The van der Waals surface area contributed by atoms with Crippen molar-refractivity contribution in [3.05, 3.63) is 47.5 Å². The van der Waals surface area contributed by atoms with Crippen LogP contribution in [0.5, 0.6) is 11.5 Å². The van der Waals surface area contributed by atoms with E-state index < -0.39 is 5.97 Å². The molecule has 0 radical (unpaired) electrons. The van der Waals surface area contributed by atoms with Gasteiger partial charge in [0.05, 0.1) is 31.2 Å². The Hall–Kier alpha value is -3.42. The highest BCUT2D eigenvalue weighted by Crippen LogP contribution is 2.34. The van der Waals surface area contributed by atoms with Gasteiger partial charge in [0.25, 0.3) is 0 Å². The number of nitrogens with zero attached hydrogens (tertiary/aromatic N) is 2. The maximum absolute atomic E-state index is 13.3. The van der Waals surface area contributed by atoms with E-state index in [0.717, 1.165) is 50.0 Å². The lowest BCUT2D eigenvalue weighted by atomic mass is 10.1. The van der Waals surface area contributed by atoms with Crippen LogP contribution in [0.1, 0.15) is 41.6 Å². The van der Waals surface area contributed by atoms with Gasteiger partial charge in [-0.05, 0) is 61.6 Å². The SMILES string of the molecule is COC(=O)c1ccc(N2CCCC2)c(NC(=O)N(Cc2ccc(O)c(OC)c2)C2CC2)c1. The molecule has 0 spiro atoms. The number of anilines is 2. The molecular formula is C24H29N3O5. The molecule has 2 fully saturated rings. The Morgan fingerprint density at radius 3 is 2.53 bits per heavy atom. The van der Waals surface area contributed by atoms with Crippen LogP contribution in [0.2, 0.25) is 0 Å². The summed E-state index contributed by atoms with van der Waals surface area (Å²) < 4.78 is 10.1. The second-order valence-electron chi connectivity index (χ2n) is 8.21. The fourth-order valence-electron chi connectivity index (χ4n) is 4.07. The van der Waals surface area contributed by atoms with E-state index in [4.69, 9.17) is 9.47 Å². The molecule has 2 amide bonds. The highest BCUT2D eigenvalue weighted by Gasteiger charge is 2.33. The van der Waals surface area contributed by atoms with E-state index in [0.29, 0.717) is 23.5 Å². The highest BCUT2D eigenvalue weighted by molar-refractivity contribution is 5.97. The molecule has 1 saturated carbocycles. The molecule has 32 heavy (non-hydrogen) atoms. The Bertz CT molecular complexity index is 999. The van der Waals surface area contributed by atoms with Crippen LogP contribution in [0, 0.1) is 0 Å². The molecule has 2 aliphatic rings. The number of ether oxygens (including phenoxy) is 2. The molecule has 8 heteroatoms. The summed E-state index contributed by atoms with van der Waals surface area (Å²) in [7, 11) is 2.84. The van der Waals surface area contributed by atoms with Gasteiger partial charge in [-0.1, -0.05) is 6.07 Å². The van der Waals surface area contributed by atoms with Gasteiger partial charge in [0.1, 0.15) is 0 Å². The van der Waals surface area contributed by atoms with Gasteiger partial charge in [0, 0.05) is 25.7 Å². The van der Waals surface area contributed by atoms with Gasteiger partial charge in [0.15, 0.2) is 11.5 Å². The summed E-state index contributed by atoms with van der Waals surface area (Å²) in [6, 6.07) is 10.3. The zero-order valence-corrected chi connectivity index (χ0v) is 18.5. The van der Waals surface area contributed by atoms with E-state index in [9.17, 15) is 14.7 Å². The zero-order valence-electron chi connectivity index (χ0n) is 18.5. The second kappa shape index (κ2) is 9.38. The molecule has 4 rings (SSSR count). The van der Waals surface area contributed by atoms with E-state index in [-0.39, 0.29) is 17.8 Å². The number of methoxy groups -OCH3 is 2. The molecule has 170 valence electrons. The summed E-state index contributed by atoms with van der Waals surface area (Å²) >= 11 is 0. The number of nitrogens with one attached hydrogen (secondary N) is 1. The summed E-state index contributed by atoms with van der Waals surface area (Å²) in [6.07, 6.45) is 4.10. The molecule has 0 bridgehead atoms. The molecule has 2 aromatic carbocycles. The summed E-state index contributed by atoms with van der Waals surface area (Å²) in [5, 5.41) is 12.9. The molecule has 1 aliphatic carbocycles. The molecule has 0 unspecified atom stereocenters. The van der Waals surface area contributed by atoms with Gasteiger partial charge < -0.3 is 29.7 Å². The zero-order chi connectivity index (χ0) is 22.7. The lowest BCUT2D eigenvalue weighted by Crippen LogP contribution is -2.36. The van der Waals surface area contributed by atoms with Crippen LogP contribution >= 0.6 is 0 Å². The molecule has 8 nitrogen and oxygen atoms in total. The van der Waals surface area contributed by atoms with Gasteiger partial charge in [-0.25, -0.2) is 9.59 Å². The fraction of sp³-hybridized carbons (Fsp3) is 0.417. The number of rotatable bonds is 7. The van der Waals surface area contributed by atoms with Crippen molar-refractivity contribution in [2.45, 2.75) is 38.3 Å². The molecule has 0 atom stereocenters. The van der Waals surface area contributed by atoms with Crippen LogP contribution in [0.25, 0.3) is 0 Å². The van der Waals surface area contributed by atoms with Crippen molar-refractivity contribution in [2.24, 2.45) is 0 Å². The van der Waals surface area contributed by atoms with E-state index >= 15 is 0 Å². The van der Waals surface area contributed by atoms with Crippen molar-refractivity contribution < 1.29 is 24.2 Å². The third-order valence-corrected chi connectivity index (χ3v) is 5.95. The Morgan fingerprint density at radius 1 is 1.12 bits per heavy atom. The van der Waals surface area contributed by atoms with Crippen molar-refractivity contribution in [1.82, 2.24) is 4.90 Å². The molecule has 1 heterocycles. The number of amides is 2. The van der Waals surface area contributed by atoms with Crippen molar-refractivity contribution in [3.8, 4) is 11.5 Å². The number of phenols is 1. The largest absolute Gasteiger partial charge is 0.504 e. The highest BCUT2D eigenvalue weighted by atomic mass is 16.5. The van der Waals surface area contributed by atoms with Crippen LogP contribution in [-0.2, 0) is 11.3 Å². The molecule has 2 aromatic rings. The fourth-order valence-corrected chi connectivity index (χ4v) is 4.07. The number of hydrogen-bond acceptors (Lipinski definition) is 6. The normalized spacial score (nSPS) is 15.4. The minimum Gasteiger partial charge on any atom is -0.504 e. The summed E-state index contributed by atoms with van der Waals surface area (Å²) in [4.78, 5) is 29.4. The lowest BCUT2D eigenvalue weighted by molar-refractivity contribution is 0.0600. The number of esters is 1. The van der Waals surface area contributed by atoms with Crippen molar-refractivity contribution in [2.75, 3.05) is 37.5 Å². The number of carbonyl (C=O) groups is 2. The minimum absolute atomic E-state index is 0.0635. The molecule has 2 N–H and O–H groups in total. The van der Waals surface area contributed by atoms with Gasteiger partial charge in [-0.15, -0.1) is 0 Å². The van der Waals surface area contributed by atoms with E-state index in [2.05, 4.69) is 10.2 Å².